The summed E-state index contributed by atoms with van der Waals surface area (Å²) < 4.78 is 0. The Balaban J connectivity index is 2.21. The molecule has 0 aliphatic carbocycles. The van der Waals surface area contributed by atoms with Crippen molar-refractivity contribution in [3.8, 4) is 0 Å². The van der Waals surface area contributed by atoms with Gasteiger partial charge in [-0.25, -0.2) is 4.98 Å². The van der Waals surface area contributed by atoms with Crippen molar-refractivity contribution in [2.75, 3.05) is 17.2 Å². The van der Waals surface area contributed by atoms with Gasteiger partial charge in [-0.05, 0) is 55.0 Å². The lowest BCUT2D eigenvalue weighted by molar-refractivity contribution is 0.442. The van der Waals surface area contributed by atoms with Crippen LogP contribution in [0.4, 0.5) is 17.5 Å². The molecule has 23 heavy (non-hydrogen) atoms. The van der Waals surface area contributed by atoms with Crippen molar-refractivity contribution in [1.82, 2.24) is 9.97 Å². The lowest BCUT2D eigenvalue weighted by Crippen LogP contribution is -2.20. The number of hydrogen-bond donors (Lipinski definition) is 2. The SMILES string of the molecule is Cc1cc(Nc2cc(Cl)nc(NCC(C)(C)C)n2)cc(C)c1C. The van der Waals surface area contributed by atoms with Gasteiger partial charge in [-0.2, -0.15) is 4.98 Å². The molecular weight excluding hydrogens is 308 g/mol. The van der Waals surface area contributed by atoms with E-state index in [9.17, 15) is 0 Å². The molecule has 0 amide bonds. The summed E-state index contributed by atoms with van der Waals surface area (Å²) >= 11 is 6.12. The van der Waals surface area contributed by atoms with Gasteiger partial charge in [0.05, 0.1) is 0 Å². The molecule has 124 valence electrons. The van der Waals surface area contributed by atoms with Gasteiger partial charge in [0.2, 0.25) is 5.95 Å². The smallest absolute Gasteiger partial charge is 0.226 e. The van der Waals surface area contributed by atoms with Crippen LogP contribution in [0.5, 0.6) is 0 Å². The van der Waals surface area contributed by atoms with Crippen LogP contribution in [0.15, 0.2) is 18.2 Å². The van der Waals surface area contributed by atoms with Crippen LogP contribution in [0, 0.1) is 26.2 Å². The number of aryl methyl sites for hydroxylation is 2. The van der Waals surface area contributed by atoms with Crippen LogP contribution in [0.3, 0.4) is 0 Å². The van der Waals surface area contributed by atoms with Gasteiger partial charge in [0.25, 0.3) is 0 Å². The number of anilines is 3. The fourth-order valence-corrected chi connectivity index (χ4v) is 2.34. The van der Waals surface area contributed by atoms with Crippen LogP contribution in [0.1, 0.15) is 37.5 Å². The molecular formula is C18H25ClN4. The molecule has 5 heteroatoms. The number of rotatable bonds is 4. The highest BCUT2D eigenvalue weighted by molar-refractivity contribution is 6.29. The van der Waals surface area contributed by atoms with Crippen molar-refractivity contribution in [1.29, 1.82) is 0 Å². The number of aromatic nitrogens is 2. The number of nitrogens with zero attached hydrogens (tertiary/aromatic N) is 2. The highest BCUT2D eigenvalue weighted by Gasteiger charge is 2.11. The molecule has 0 fully saturated rings. The zero-order chi connectivity index (χ0) is 17.2. The molecule has 2 aromatic rings. The van der Waals surface area contributed by atoms with Gasteiger partial charge in [-0.3, -0.25) is 0 Å². The Labute approximate surface area is 143 Å². The van der Waals surface area contributed by atoms with Crippen LogP contribution in [-0.2, 0) is 0 Å². The first-order chi connectivity index (χ1) is 10.6. The first kappa shape index (κ1) is 17.5. The minimum Gasteiger partial charge on any atom is -0.354 e. The average Bonchev–Trinajstić information content (AvgIpc) is 2.41. The summed E-state index contributed by atoms with van der Waals surface area (Å²) in [5.41, 5.74) is 4.95. The second kappa shape index (κ2) is 6.75. The van der Waals surface area contributed by atoms with Crippen LogP contribution in [-0.4, -0.2) is 16.5 Å². The molecule has 2 N–H and O–H groups in total. The van der Waals surface area contributed by atoms with Crippen LogP contribution in [0.25, 0.3) is 0 Å². The highest BCUT2D eigenvalue weighted by Crippen LogP contribution is 2.24. The zero-order valence-electron chi connectivity index (χ0n) is 14.7. The number of benzene rings is 1. The third-order valence-electron chi connectivity index (χ3n) is 3.67. The minimum absolute atomic E-state index is 0.143. The van der Waals surface area contributed by atoms with Gasteiger partial charge >= 0.3 is 0 Å². The van der Waals surface area contributed by atoms with E-state index in [-0.39, 0.29) is 5.41 Å². The minimum atomic E-state index is 0.143. The van der Waals surface area contributed by atoms with Crippen LogP contribution < -0.4 is 10.6 Å². The van der Waals surface area contributed by atoms with E-state index in [0.717, 1.165) is 12.2 Å². The molecule has 0 aliphatic rings. The Morgan fingerprint density at radius 3 is 2.17 bits per heavy atom. The molecule has 0 saturated carbocycles. The first-order valence-corrected chi connectivity index (χ1v) is 8.15. The number of hydrogen-bond acceptors (Lipinski definition) is 4. The molecule has 0 spiro atoms. The second-order valence-corrected chi connectivity index (χ2v) is 7.56. The van der Waals surface area contributed by atoms with E-state index in [0.29, 0.717) is 16.9 Å². The maximum Gasteiger partial charge on any atom is 0.226 e. The topological polar surface area (TPSA) is 49.8 Å². The molecule has 0 atom stereocenters. The number of nitrogens with one attached hydrogen (secondary N) is 2. The Hall–Kier alpha value is -1.81. The average molecular weight is 333 g/mol. The summed E-state index contributed by atoms with van der Waals surface area (Å²) in [6.07, 6.45) is 0. The first-order valence-electron chi connectivity index (χ1n) is 7.77. The molecule has 1 aromatic carbocycles. The Morgan fingerprint density at radius 1 is 1.00 bits per heavy atom. The van der Waals surface area contributed by atoms with Crippen LogP contribution >= 0.6 is 11.6 Å². The van der Waals surface area contributed by atoms with E-state index in [1.807, 2.05) is 0 Å². The van der Waals surface area contributed by atoms with Gasteiger partial charge in [-0.15, -0.1) is 0 Å². The van der Waals surface area contributed by atoms with Crippen LogP contribution in [0.2, 0.25) is 5.15 Å². The molecule has 4 nitrogen and oxygen atoms in total. The Kier molecular flexibility index (Phi) is 5.15. The summed E-state index contributed by atoms with van der Waals surface area (Å²) in [5, 5.41) is 6.97. The fourth-order valence-electron chi connectivity index (χ4n) is 2.16. The van der Waals surface area contributed by atoms with Crippen molar-refractivity contribution >= 4 is 29.1 Å². The third kappa shape index (κ3) is 5.10. The summed E-state index contributed by atoms with van der Waals surface area (Å²) in [7, 11) is 0. The highest BCUT2D eigenvalue weighted by atomic mass is 35.5. The Morgan fingerprint density at radius 2 is 1.61 bits per heavy atom. The molecule has 0 aliphatic heterocycles. The zero-order valence-corrected chi connectivity index (χ0v) is 15.5. The van der Waals surface area contributed by atoms with Gasteiger partial charge in [-0.1, -0.05) is 32.4 Å². The normalized spacial score (nSPS) is 11.4. The van der Waals surface area contributed by atoms with Gasteiger partial charge < -0.3 is 10.6 Å². The molecule has 1 aromatic heterocycles. The predicted octanol–water partition coefficient (Wildman–Crippen LogP) is 5.26. The molecule has 0 unspecified atom stereocenters. The van der Waals surface area contributed by atoms with E-state index < -0.39 is 0 Å². The fraction of sp³-hybridized carbons (Fsp3) is 0.444. The standard InChI is InChI=1S/C18H25ClN4/c1-11-7-14(8-12(2)13(11)3)21-16-9-15(19)22-17(23-16)20-10-18(4,5)6/h7-9H,10H2,1-6H3,(H2,20,21,22,23). The molecule has 0 bridgehead atoms. The quantitative estimate of drug-likeness (QED) is 0.750. The van der Waals surface area contributed by atoms with E-state index in [4.69, 9.17) is 11.6 Å². The maximum atomic E-state index is 6.12. The van der Waals surface area contributed by atoms with Crippen molar-refractivity contribution in [2.24, 2.45) is 5.41 Å². The second-order valence-electron chi connectivity index (χ2n) is 7.17. The van der Waals surface area contributed by atoms with E-state index >= 15 is 0 Å². The van der Waals surface area contributed by atoms with Crippen molar-refractivity contribution in [2.45, 2.75) is 41.5 Å². The summed E-state index contributed by atoms with van der Waals surface area (Å²) in [6.45, 7) is 13.6. The molecule has 0 saturated heterocycles. The van der Waals surface area contributed by atoms with E-state index in [1.54, 1.807) is 6.07 Å². The predicted molar refractivity (Wildman–Crippen MR) is 98.9 cm³/mol. The van der Waals surface area contributed by atoms with Crippen molar-refractivity contribution in [3.63, 3.8) is 0 Å². The summed E-state index contributed by atoms with van der Waals surface area (Å²) in [6, 6.07) is 5.95. The lowest BCUT2D eigenvalue weighted by Gasteiger charge is -2.19. The third-order valence-corrected chi connectivity index (χ3v) is 3.86. The molecule has 2 rings (SSSR count). The van der Waals surface area contributed by atoms with Crippen molar-refractivity contribution < 1.29 is 0 Å². The largest absolute Gasteiger partial charge is 0.354 e. The van der Waals surface area contributed by atoms with E-state index in [1.165, 1.54) is 16.7 Å². The number of halogens is 1. The maximum absolute atomic E-state index is 6.12. The van der Waals surface area contributed by atoms with E-state index in [2.05, 4.69) is 74.3 Å². The summed E-state index contributed by atoms with van der Waals surface area (Å²) in [5.74, 6) is 1.22. The van der Waals surface area contributed by atoms with Gasteiger partial charge in [0.1, 0.15) is 11.0 Å². The van der Waals surface area contributed by atoms with Crippen molar-refractivity contribution in [3.05, 3.63) is 40.0 Å². The molecule has 0 radical (unpaired) electrons. The lowest BCUT2D eigenvalue weighted by atomic mass is 9.97. The Bertz CT molecular complexity index is 682. The monoisotopic (exact) mass is 332 g/mol. The summed E-state index contributed by atoms with van der Waals surface area (Å²) in [4.78, 5) is 8.73. The van der Waals surface area contributed by atoms with Gasteiger partial charge in [0.15, 0.2) is 0 Å². The molecule has 1 heterocycles. The van der Waals surface area contributed by atoms with Gasteiger partial charge in [0, 0.05) is 18.3 Å².